The van der Waals surface area contributed by atoms with Gasteiger partial charge in [0.1, 0.15) is 17.3 Å². The lowest BCUT2D eigenvalue weighted by Gasteiger charge is -2.25. The number of aliphatic hydroxyl groups excluding tert-OH is 1. The van der Waals surface area contributed by atoms with E-state index in [1.807, 2.05) is 18.2 Å². The van der Waals surface area contributed by atoms with Gasteiger partial charge in [-0.2, -0.15) is 0 Å². The van der Waals surface area contributed by atoms with E-state index in [0.717, 1.165) is 29.2 Å². The first kappa shape index (κ1) is 16.3. The van der Waals surface area contributed by atoms with Gasteiger partial charge in [-0.05, 0) is 30.5 Å². The Morgan fingerprint density at radius 1 is 1.26 bits per heavy atom. The fraction of sp³-hybridized carbons (Fsp3) is 0.421. The van der Waals surface area contributed by atoms with Gasteiger partial charge in [-0.25, -0.2) is 9.97 Å². The van der Waals surface area contributed by atoms with Gasteiger partial charge < -0.3 is 24.8 Å². The molecule has 1 amide bonds. The van der Waals surface area contributed by atoms with Gasteiger partial charge in [0.15, 0.2) is 11.5 Å². The van der Waals surface area contributed by atoms with Crippen molar-refractivity contribution in [1.82, 2.24) is 15.3 Å². The fourth-order valence-electron chi connectivity index (χ4n) is 3.83. The number of carbonyl (C=O) groups excluding carboxylic acids is 1. The average molecular weight is 368 g/mol. The van der Waals surface area contributed by atoms with Crippen LogP contribution in [0.15, 0.2) is 18.2 Å². The Bertz CT molecular complexity index is 917. The number of nitrogens with one attached hydrogen (secondary N) is 1. The maximum atomic E-state index is 12.4. The zero-order chi connectivity index (χ0) is 18.4. The van der Waals surface area contributed by atoms with E-state index in [1.54, 1.807) is 0 Å². The summed E-state index contributed by atoms with van der Waals surface area (Å²) in [4.78, 5) is 23.8. The van der Waals surface area contributed by atoms with Crippen LogP contribution in [0.25, 0.3) is 0 Å². The number of carbonyl (C=O) groups is 1. The van der Waals surface area contributed by atoms with Crippen LogP contribution < -0.4 is 19.7 Å². The van der Waals surface area contributed by atoms with Gasteiger partial charge in [-0.1, -0.05) is 6.07 Å². The molecule has 27 heavy (non-hydrogen) atoms. The summed E-state index contributed by atoms with van der Waals surface area (Å²) in [5, 5.41) is 12.8. The summed E-state index contributed by atoms with van der Waals surface area (Å²) < 4.78 is 10.8. The number of ether oxygens (including phenoxy) is 2. The number of rotatable bonds is 3. The van der Waals surface area contributed by atoms with Gasteiger partial charge in [-0.15, -0.1) is 0 Å². The first-order valence-electron chi connectivity index (χ1n) is 9.17. The zero-order valence-corrected chi connectivity index (χ0v) is 14.8. The molecule has 0 spiro atoms. The molecule has 2 aromatic rings. The minimum atomic E-state index is -0.356. The van der Waals surface area contributed by atoms with E-state index >= 15 is 0 Å². The molecule has 1 aromatic carbocycles. The number of aliphatic hydroxyl groups is 1. The van der Waals surface area contributed by atoms with Crippen molar-refractivity contribution < 1.29 is 19.4 Å². The molecule has 1 fully saturated rings. The molecule has 1 saturated heterocycles. The zero-order valence-electron chi connectivity index (χ0n) is 14.8. The second-order valence-corrected chi connectivity index (χ2v) is 7.05. The van der Waals surface area contributed by atoms with Crippen molar-refractivity contribution in [2.45, 2.75) is 25.4 Å². The maximum Gasteiger partial charge on any atom is 0.270 e. The molecule has 0 radical (unpaired) electrons. The van der Waals surface area contributed by atoms with Crippen molar-refractivity contribution in [3.05, 3.63) is 40.8 Å². The van der Waals surface area contributed by atoms with Gasteiger partial charge in [0.05, 0.1) is 6.10 Å². The highest BCUT2D eigenvalue weighted by molar-refractivity contribution is 5.96. The van der Waals surface area contributed by atoms with Crippen LogP contribution in [0.2, 0.25) is 0 Å². The first-order valence-corrected chi connectivity index (χ1v) is 9.17. The number of nitrogens with zero attached hydrogens (tertiary/aromatic N) is 3. The monoisotopic (exact) mass is 368 g/mol. The molecule has 140 valence electrons. The molecule has 1 aromatic heterocycles. The molecule has 8 nitrogen and oxygen atoms in total. The van der Waals surface area contributed by atoms with Gasteiger partial charge in [0.25, 0.3) is 5.91 Å². The third-order valence-corrected chi connectivity index (χ3v) is 5.17. The second kappa shape index (κ2) is 6.38. The quantitative estimate of drug-likeness (QED) is 0.821. The smallest absolute Gasteiger partial charge is 0.270 e. The van der Waals surface area contributed by atoms with Crippen LogP contribution in [0.4, 0.5) is 5.82 Å². The maximum absolute atomic E-state index is 12.4. The summed E-state index contributed by atoms with van der Waals surface area (Å²) in [5.74, 6) is 2.65. The number of hydrogen-bond donors (Lipinski definition) is 2. The molecular formula is C19H20N4O4. The van der Waals surface area contributed by atoms with Crippen molar-refractivity contribution in [2.24, 2.45) is 0 Å². The van der Waals surface area contributed by atoms with E-state index in [2.05, 4.69) is 15.2 Å². The summed E-state index contributed by atoms with van der Waals surface area (Å²) in [6, 6.07) is 5.75. The lowest BCUT2D eigenvalue weighted by atomic mass is 10.0. The third kappa shape index (κ3) is 2.95. The molecule has 3 aliphatic rings. The van der Waals surface area contributed by atoms with E-state index in [1.165, 1.54) is 0 Å². The Hall–Kier alpha value is -2.87. The van der Waals surface area contributed by atoms with Crippen molar-refractivity contribution in [3.8, 4) is 11.5 Å². The standard InChI is InChI=1S/C19H20N4O4/c24-12-4-6-23(9-12)18-13-3-5-20-19(25)17(13)21-16(22-18)8-11-1-2-14-15(7-11)27-10-26-14/h1-2,7,12,24H,3-6,8-10H2,(H,20,25)/t12-/m1/s1. The molecule has 3 aliphatic heterocycles. The summed E-state index contributed by atoms with van der Waals surface area (Å²) in [7, 11) is 0. The average Bonchev–Trinajstić information content (AvgIpc) is 3.30. The predicted octanol–water partition coefficient (Wildman–Crippen LogP) is 0.653. The highest BCUT2D eigenvalue weighted by Crippen LogP contribution is 2.33. The third-order valence-electron chi connectivity index (χ3n) is 5.17. The van der Waals surface area contributed by atoms with Crippen molar-refractivity contribution in [1.29, 1.82) is 0 Å². The molecule has 1 atom stereocenters. The Balaban J connectivity index is 1.52. The van der Waals surface area contributed by atoms with Crippen LogP contribution in [0.1, 0.15) is 33.9 Å². The largest absolute Gasteiger partial charge is 0.454 e. The van der Waals surface area contributed by atoms with E-state index in [-0.39, 0.29) is 18.8 Å². The van der Waals surface area contributed by atoms with E-state index in [4.69, 9.17) is 14.5 Å². The van der Waals surface area contributed by atoms with Gasteiger partial charge in [0, 0.05) is 31.6 Å². The highest BCUT2D eigenvalue weighted by atomic mass is 16.7. The lowest BCUT2D eigenvalue weighted by molar-refractivity contribution is 0.0940. The Kier molecular flexibility index (Phi) is 3.86. The van der Waals surface area contributed by atoms with Gasteiger partial charge in [-0.3, -0.25) is 4.79 Å². The molecule has 2 N–H and O–H groups in total. The molecule has 0 bridgehead atoms. The number of hydrogen-bond acceptors (Lipinski definition) is 7. The van der Waals surface area contributed by atoms with E-state index in [9.17, 15) is 9.90 Å². The lowest BCUT2D eigenvalue weighted by Crippen LogP contribution is -2.36. The molecular weight excluding hydrogens is 348 g/mol. The Morgan fingerprint density at radius 3 is 3.00 bits per heavy atom. The Morgan fingerprint density at radius 2 is 2.15 bits per heavy atom. The van der Waals surface area contributed by atoms with Crippen LogP contribution in [0.5, 0.6) is 11.5 Å². The van der Waals surface area contributed by atoms with Crippen molar-refractivity contribution >= 4 is 11.7 Å². The van der Waals surface area contributed by atoms with Crippen LogP contribution in [-0.2, 0) is 12.8 Å². The van der Waals surface area contributed by atoms with Gasteiger partial charge >= 0.3 is 0 Å². The van der Waals surface area contributed by atoms with Gasteiger partial charge in [0.2, 0.25) is 6.79 Å². The van der Waals surface area contributed by atoms with Crippen LogP contribution in [0.3, 0.4) is 0 Å². The molecule has 5 rings (SSSR count). The first-order chi connectivity index (χ1) is 13.2. The van der Waals surface area contributed by atoms with E-state index < -0.39 is 0 Å². The number of benzene rings is 1. The topological polar surface area (TPSA) is 96.8 Å². The predicted molar refractivity (Wildman–Crippen MR) is 96.3 cm³/mol. The summed E-state index contributed by atoms with van der Waals surface area (Å²) >= 11 is 0. The van der Waals surface area contributed by atoms with Crippen molar-refractivity contribution in [3.63, 3.8) is 0 Å². The highest BCUT2D eigenvalue weighted by Gasteiger charge is 2.29. The molecule has 0 saturated carbocycles. The number of anilines is 1. The normalized spacial score (nSPS) is 20.6. The Labute approximate surface area is 156 Å². The fourth-order valence-corrected chi connectivity index (χ4v) is 3.83. The minimum Gasteiger partial charge on any atom is -0.454 e. The summed E-state index contributed by atoms with van der Waals surface area (Å²) in [6.07, 6.45) is 1.54. The minimum absolute atomic E-state index is 0.161. The summed E-state index contributed by atoms with van der Waals surface area (Å²) in [5.41, 5.74) is 2.31. The number of aromatic nitrogens is 2. The molecule has 4 heterocycles. The summed E-state index contributed by atoms with van der Waals surface area (Å²) in [6.45, 7) is 2.08. The SMILES string of the molecule is O=C1NCCc2c1nc(Cc1ccc3c(c1)OCO3)nc2N1CC[C@@H](O)C1. The molecule has 0 aliphatic carbocycles. The van der Waals surface area contributed by atoms with Crippen LogP contribution in [0, 0.1) is 0 Å². The number of β-amino-alcohol motifs (C(OH)–C–C–N with tert-alkyl or cyclic N) is 1. The number of fused-ring (bicyclic) bond motifs is 2. The van der Waals surface area contributed by atoms with E-state index in [0.29, 0.717) is 49.6 Å². The van der Waals surface area contributed by atoms with Crippen LogP contribution >= 0.6 is 0 Å². The number of amides is 1. The molecule has 8 heteroatoms. The van der Waals surface area contributed by atoms with Crippen molar-refractivity contribution in [2.75, 3.05) is 31.3 Å². The molecule has 0 unspecified atom stereocenters. The second-order valence-electron chi connectivity index (χ2n) is 7.05. The van der Waals surface area contributed by atoms with Crippen LogP contribution in [-0.4, -0.2) is 53.5 Å².